The molecular weight excluding hydrogens is 282 g/mol. The Hall–Kier alpha value is -1.70. The van der Waals surface area contributed by atoms with Crippen molar-refractivity contribution >= 4 is 22.1 Å². The number of nitrogens with zero attached hydrogens (tertiary/aromatic N) is 1. The number of β-amino-alcohol motifs (C(OH)–C–C–N with tert-alkyl or cyclic N) is 1. The smallest absolute Gasteiger partial charge is 0.328 e. The fourth-order valence-corrected chi connectivity index (χ4v) is 3.49. The van der Waals surface area contributed by atoms with Crippen molar-refractivity contribution in [3.05, 3.63) is 35.9 Å². The van der Waals surface area contributed by atoms with Crippen LogP contribution >= 0.6 is 0 Å². The summed E-state index contributed by atoms with van der Waals surface area (Å²) in [5.74, 6) is -1.06. The number of aliphatic hydroxyl groups excluding tert-OH is 1. The average Bonchev–Trinajstić information content (AvgIpc) is 2.84. The molecule has 1 aliphatic heterocycles. The van der Waals surface area contributed by atoms with Crippen LogP contribution in [0.15, 0.2) is 35.2 Å². The normalized spacial score (nSPS) is 20.6. The van der Waals surface area contributed by atoms with Gasteiger partial charge in [-0.25, -0.2) is 13.2 Å². The van der Waals surface area contributed by atoms with Gasteiger partial charge in [0.1, 0.15) is 0 Å². The molecule has 0 spiro atoms. The number of sulfonamides is 1. The van der Waals surface area contributed by atoms with Crippen LogP contribution in [0.25, 0.3) is 6.08 Å². The van der Waals surface area contributed by atoms with E-state index in [1.807, 2.05) is 0 Å². The van der Waals surface area contributed by atoms with Gasteiger partial charge < -0.3 is 10.2 Å². The number of rotatable bonds is 4. The van der Waals surface area contributed by atoms with E-state index in [4.69, 9.17) is 5.11 Å². The van der Waals surface area contributed by atoms with Crippen molar-refractivity contribution in [2.24, 2.45) is 0 Å². The molecule has 1 atom stereocenters. The van der Waals surface area contributed by atoms with Gasteiger partial charge >= 0.3 is 5.97 Å². The zero-order valence-electron chi connectivity index (χ0n) is 10.6. The Balaban J connectivity index is 2.19. The zero-order chi connectivity index (χ0) is 14.8. The van der Waals surface area contributed by atoms with Crippen LogP contribution in [0.5, 0.6) is 0 Å². The molecule has 0 aliphatic carbocycles. The Morgan fingerprint density at radius 1 is 1.30 bits per heavy atom. The molecule has 0 saturated carbocycles. The fraction of sp³-hybridized carbons (Fsp3) is 0.308. The first-order valence-corrected chi connectivity index (χ1v) is 7.53. The molecule has 7 heteroatoms. The van der Waals surface area contributed by atoms with Crippen molar-refractivity contribution in [1.82, 2.24) is 4.31 Å². The predicted molar refractivity (Wildman–Crippen MR) is 72.5 cm³/mol. The van der Waals surface area contributed by atoms with Crippen molar-refractivity contribution < 1.29 is 23.4 Å². The van der Waals surface area contributed by atoms with Crippen LogP contribution in [0.1, 0.15) is 12.0 Å². The lowest BCUT2D eigenvalue weighted by Gasteiger charge is -2.15. The lowest BCUT2D eigenvalue weighted by atomic mass is 10.2. The van der Waals surface area contributed by atoms with Crippen molar-refractivity contribution in [1.29, 1.82) is 0 Å². The largest absolute Gasteiger partial charge is 0.478 e. The van der Waals surface area contributed by atoms with Gasteiger partial charge in [0.2, 0.25) is 10.0 Å². The van der Waals surface area contributed by atoms with Gasteiger partial charge in [-0.3, -0.25) is 0 Å². The second-order valence-corrected chi connectivity index (χ2v) is 6.48. The van der Waals surface area contributed by atoms with E-state index in [0.717, 1.165) is 6.08 Å². The van der Waals surface area contributed by atoms with Gasteiger partial charge in [-0.1, -0.05) is 12.1 Å². The third-order valence-electron chi connectivity index (χ3n) is 3.06. The Bertz CT molecular complexity index is 621. The maximum atomic E-state index is 12.3. The first kappa shape index (κ1) is 14.7. The van der Waals surface area contributed by atoms with Crippen LogP contribution in [-0.2, 0) is 14.8 Å². The molecule has 0 radical (unpaired) electrons. The molecule has 0 aromatic heterocycles. The number of hydrogen-bond acceptors (Lipinski definition) is 4. The van der Waals surface area contributed by atoms with Gasteiger partial charge in [-0.05, 0) is 30.2 Å². The van der Waals surface area contributed by atoms with E-state index in [1.165, 1.54) is 22.5 Å². The minimum atomic E-state index is -3.59. The highest BCUT2D eigenvalue weighted by Gasteiger charge is 2.31. The van der Waals surface area contributed by atoms with E-state index >= 15 is 0 Å². The highest BCUT2D eigenvalue weighted by atomic mass is 32.2. The van der Waals surface area contributed by atoms with Crippen LogP contribution in [0.3, 0.4) is 0 Å². The van der Waals surface area contributed by atoms with Crippen LogP contribution in [0.4, 0.5) is 0 Å². The fourth-order valence-electron chi connectivity index (χ4n) is 2.00. The number of carboxylic acids is 1. The third-order valence-corrected chi connectivity index (χ3v) is 4.94. The molecule has 108 valence electrons. The first-order chi connectivity index (χ1) is 9.39. The molecule has 1 aliphatic rings. The lowest BCUT2D eigenvalue weighted by molar-refractivity contribution is -0.131. The molecule has 1 aromatic carbocycles. The topological polar surface area (TPSA) is 94.9 Å². The highest BCUT2D eigenvalue weighted by Crippen LogP contribution is 2.21. The summed E-state index contributed by atoms with van der Waals surface area (Å²) in [6.45, 7) is 0.424. The molecule has 1 fully saturated rings. The molecule has 1 saturated heterocycles. The standard InChI is InChI=1S/C13H15NO5S/c15-11-7-8-14(9-11)20(18,19)12-4-1-10(2-5-12)3-6-13(16)17/h1-6,11,15H,7-9H2,(H,16,17). The van der Waals surface area contributed by atoms with Gasteiger partial charge in [-0.2, -0.15) is 4.31 Å². The first-order valence-electron chi connectivity index (χ1n) is 6.09. The highest BCUT2D eigenvalue weighted by molar-refractivity contribution is 7.89. The third kappa shape index (κ3) is 3.24. The minimum Gasteiger partial charge on any atom is -0.478 e. The molecule has 0 amide bonds. The minimum absolute atomic E-state index is 0.114. The number of aliphatic carboxylic acids is 1. The molecular formula is C13H15NO5S. The molecule has 20 heavy (non-hydrogen) atoms. The van der Waals surface area contributed by atoms with Gasteiger partial charge in [-0.15, -0.1) is 0 Å². The van der Waals surface area contributed by atoms with Crippen molar-refractivity contribution in [2.75, 3.05) is 13.1 Å². The molecule has 2 rings (SSSR count). The molecule has 6 nitrogen and oxygen atoms in total. The second-order valence-electron chi connectivity index (χ2n) is 4.55. The molecule has 1 unspecified atom stereocenters. The zero-order valence-corrected chi connectivity index (χ0v) is 11.5. The van der Waals surface area contributed by atoms with Crippen LogP contribution in [-0.4, -0.2) is 48.1 Å². The lowest BCUT2D eigenvalue weighted by Crippen LogP contribution is -2.29. The van der Waals surface area contributed by atoms with Gasteiger partial charge in [0.05, 0.1) is 11.0 Å². The number of carboxylic acid groups (broad SMARTS) is 1. The van der Waals surface area contributed by atoms with E-state index in [9.17, 15) is 18.3 Å². The summed E-state index contributed by atoms with van der Waals surface area (Å²) in [6, 6.07) is 5.95. The number of carbonyl (C=O) groups is 1. The average molecular weight is 297 g/mol. The van der Waals surface area contributed by atoms with Gasteiger partial charge in [0.15, 0.2) is 0 Å². The Labute approximate surface area is 117 Å². The number of aliphatic hydroxyl groups is 1. The summed E-state index contributed by atoms with van der Waals surface area (Å²) in [5, 5.41) is 17.9. The summed E-state index contributed by atoms with van der Waals surface area (Å²) < 4.78 is 25.8. The molecule has 1 heterocycles. The van der Waals surface area contributed by atoms with Crippen molar-refractivity contribution in [3.8, 4) is 0 Å². The van der Waals surface area contributed by atoms with E-state index in [-0.39, 0.29) is 11.4 Å². The van der Waals surface area contributed by atoms with Crippen LogP contribution in [0, 0.1) is 0 Å². The SMILES string of the molecule is O=C(O)C=Cc1ccc(S(=O)(=O)N2CCC(O)C2)cc1. The predicted octanol–water partition coefficient (Wildman–Crippen LogP) is 0.540. The van der Waals surface area contributed by atoms with Crippen LogP contribution in [0.2, 0.25) is 0 Å². The Morgan fingerprint density at radius 2 is 1.95 bits per heavy atom. The summed E-state index contributed by atoms with van der Waals surface area (Å²) in [6.07, 6.45) is 2.21. The second kappa shape index (κ2) is 5.74. The number of benzene rings is 1. The molecule has 0 bridgehead atoms. The monoisotopic (exact) mass is 297 g/mol. The summed E-state index contributed by atoms with van der Waals surface area (Å²) >= 11 is 0. The van der Waals surface area contributed by atoms with Crippen LogP contribution < -0.4 is 0 Å². The van der Waals surface area contributed by atoms with E-state index < -0.39 is 22.1 Å². The maximum absolute atomic E-state index is 12.3. The molecule has 1 aromatic rings. The Morgan fingerprint density at radius 3 is 2.45 bits per heavy atom. The van der Waals surface area contributed by atoms with Gasteiger partial charge in [0.25, 0.3) is 0 Å². The van der Waals surface area contributed by atoms with Gasteiger partial charge in [0, 0.05) is 19.2 Å². The van der Waals surface area contributed by atoms with Crippen molar-refractivity contribution in [2.45, 2.75) is 17.4 Å². The summed E-state index contributed by atoms with van der Waals surface area (Å²) in [7, 11) is -3.59. The van der Waals surface area contributed by atoms with E-state index in [2.05, 4.69) is 0 Å². The summed E-state index contributed by atoms with van der Waals surface area (Å²) in [5.41, 5.74) is 0.604. The summed E-state index contributed by atoms with van der Waals surface area (Å²) in [4.78, 5) is 10.5. The maximum Gasteiger partial charge on any atom is 0.328 e. The van der Waals surface area contributed by atoms with Crippen molar-refractivity contribution in [3.63, 3.8) is 0 Å². The molecule has 2 N–H and O–H groups in total. The Kier molecular flexibility index (Phi) is 4.22. The van der Waals surface area contributed by atoms with E-state index in [1.54, 1.807) is 12.1 Å². The quantitative estimate of drug-likeness (QED) is 0.791. The van der Waals surface area contributed by atoms with E-state index in [0.29, 0.717) is 18.5 Å². The number of hydrogen-bond donors (Lipinski definition) is 2.